The molecule has 1 aliphatic heterocycles. The van der Waals surface area contributed by atoms with E-state index in [1.165, 1.54) is 46.8 Å². The zero-order valence-corrected chi connectivity index (χ0v) is 37.6. The van der Waals surface area contributed by atoms with Gasteiger partial charge in [0.2, 0.25) is 11.4 Å². The number of benzene rings is 1. The highest BCUT2D eigenvalue weighted by molar-refractivity contribution is 6.02. The molecule has 19 heteroatoms. The number of hydrogen-bond acceptors (Lipinski definition) is 17. The number of nitrogens with one attached hydrogen (secondary N) is 1. The first kappa shape index (κ1) is 48.9. The van der Waals surface area contributed by atoms with E-state index in [1.807, 2.05) is 0 Å². The molecule has 0 radical (unpaired) electrons. The average molecular weight is 890 g/mol. The maximum absolute atomic E-state index is 15.5. The second kappa shape index (κ2) is 16.5. The monoisotopic (exact) mass is 889 g/mol. The lowest BCUT2D eigenvalue weighted by Crippen LogP contribution is -2.81. The van der Waals surface area contributed by atoms with Crippen LogP contribution in [0.4, 0.5) is 9.59 Å². The van der Waals surface area contributed by atoms with Crippen LogP contribution in [0.3, 0.4) is 0 Å². The minimum Gasteiger partial charge on any atom is -0.478 e. The van der Waals surface area contributed by atoms with E-state index in [1.54, 1.807) is 39.0 Å². The van der Waals surface area contributed by atoms with Crippen molar-refractivity contribution >= 4 is 41.9 Å². The van der Waals surface area contributed by atoms with E-state index in [9.17, 15) is 49.2 Å². The molecule has 348 valence electrons. The molecule has 0 spiro atoms. The molecule has 3 aliphatic carbocycles. The number of carboxylic acids is 1. The Bertz CT molecular complexity index is 2070. The van der Waals surface area contributed by atoms with E-state index < -0.39 is 142 Å². The van der Waals surface area contributed by atoms with Crippen molar-refractivity contribution in [1.29, 1.82) is 0 Å². The summed E-state index contributed by atoms with van der Waals surface area (Å²) in [6.07, 6.45) is -10.4. The topological polar surface area (TPSA) is 277 Å². The van der Waals surface area contributed by atoms with Crippen molar-refractivity contribution in [2.45, 2.75) is 142 Å². The summed E-state index contributed by atoms with van der Waals surface area (Å²) in [6, 6.07) is 6.17. The third-order valence-corrected chi connectivity index (χ3v) is 13.7. The van der Waals surface area contributed by atoms with Gasteiger partial charge in [0.15, 0.2) is 17.5 Å². The Morgan fingerprint density at radius 2 is 1.57 bits per heavy atom. The second-order valence-corrected chi connectivity index (χ2v) is 19.5. The number of aliphatic hydroxyl groups excluding tert-OH is 2. The van der Waals surface area contributed by atoms with Crippen LogP contribution in [0.5, 0.6) is 0 Å². The minimum absolute atomic E-state index is 0.0125. The van der Waals surface area contributed by atoms with E-state index in [0.717, 1.165) is 27.9 Å². The molecule has 11 atom stereocenters. The van der Waals surface area contributed by atoms with Gasteiger partial charge in [-0.2, -0.15) is 0 Å². The Hall–Kier alpha value is -5.11. The molecule has 1 amide bonds. The summed E-state index contributed by atoms with van der Waals surface area (Å²) >= 11 is 0. The fourth-order valence-electron chi connectivity index (χ4n) is 9.79. The summed E-state index contributed by atoms with van der Waals surface area (Å²) in [5.41, 5.74) is -13.6. The van der Waals surface area contributed by atoms with Gasteiger partial charge in [-0.25, -0.2) is 24.0 Å². The molecule has 3 fully saturated rings. The van der Waals surface area contributed by atoms with Gasteiger partial charge in [-0.3, -0.25) is 9.59 Å². The molecular formula is C44H59NO18. The van der Waals surface area contributed by atoms with Crippen molar-refractivity contribution in [3.63, 3.8) is 0 Å². The Balaban J connectivity index is 1.76. The number of alkyl carbamates (subject to hydrolysis) is 1. The predicted molar refractivity (Wildman–Crippen MR) is 215 cm³/mol. The molecule has 0 aromatic heterocycles. The van der Waals surface area contributed by atoms with E-state index in [0.29, 0.717) is 0 Å². The average Bonchev–Trinajstić information content (AvgIpc) is 3.17. The van der Waals surface area contributed by atoms with Crippen molar-refractivity contribution in [1.82, 2.24) is 5.32 Å². The number of amides is 1. The predicted octanol–water partition coefficient (Wildman–Crippen LogP) is 3.38. The number of carbonyl (C=O) groups is 7. The van der Waals surface area contributed by atoms with Gasteiger partial charge in [0, 0.05) is 31.1 Å². The first-order chi connectivity index (χ1) is 28.9. The number of allylic oxidation sites excluding steroid dienone is 1. The van der Waals surface area contributed by atoms with Gasteiger partial charge in [0.1, 0.15) is 23.4 Å². The molecule has 2 bridgehead atoms. The first-order valence-corrected chi connectivity index (χ1v) is 20.5. The summed E-state index contributed by atoms with van der Waals surface area (Å²) in [7, 11) is 1.04. The first-order valence-electron chi connectivity index (χ1n) is 20.5. The zero-order valence-electron chi connectivity index (χ0n) is 37.6. The second-order valence-electron chi connectivity index (χ2n) is 19.5. The summed E-state index contributed by atoms with van der Waals surface area (Å²) in [5, 5.41) is 49.4. The fraction of sp³-hybridized carbons (Fsp3) is 0.659. The number of methoxy groups -OCH3 is 1. The number of ketones is 1. The van der Waals surface area contributed by atoms with Crippen LogP contribution in [-0.4, -0.2) is 129 Å². The number of esters is 3. The molecule has 1 heterocycles. The van der Waals surface area contributed by atoms with E-state index in [4.69, 9.17) is 33.2 Å². The smallest absolute Gasteiger partial charge is 0.478 e. The van der Waals surface area contributed by atoms with Gasteiger partial charge in [0.25, 0.3) is 0 Å². The van der Waals surface area contributed by atoms with Crippen LogP contribution >= 0.6 is 0 Å². The third-order valence-electron chi connectivity index (χ3n) is 13.7. The van der Waals surface area contributed by atoms with Crippen LogP contribution in [0.25, 0.3) is 0 Å². The number of hydrogen-bond donors (Lipinski definition) is 5. The number of carboxylic acid groups (broad SMARTS) is 1. The van der Waals surface area contributed by atoms with Crippen LogP contribution in [0.15, 0.2) is 41.7 Å². The molecule has 5 N–H and O–H groups in total. The largest absolute Gasteiger partial charge is 0.508 e. The Morgan fingerprint density at radius 3 is 2.08 bits per heavy atom. The molecule has 4 aliphatic rings. The van der Waals surface area contributed by atoms with Crippen LogP contribution in [-0.2, 0) is 52.3 Å². The van der Waals surface area contributed by atoms with Gasteiger partial charge in [0.05, 0.1) is 42.8 Å². The number of carbonyl (C=O) groups excluding carboxylic acids is 6. The van der Waals surface area contributed by atoms with Crippen LogP contribution in [0, 0.1) is 28.1 Å². The van der Waals surface area contributed by atoms with Gasteiger partial charge in [-0.15, -0.1) is 0 Å². The van der Waals surface area contributed by atoms with Crippen molar-refractivity contribution in [2.75, 3.05) is 13.7 Å². The molecule has 63 heavy (non-hydrogen) atoms. The lowest BCUT2D eigenvalue weighted by molar-refractivity contribution is -0.345. The molecule has 3 unspecified atom stereocenters. The highest BCUT2D eigenvalue weighted by Gasteiger charge is 2.79. The van der Waals surface area contributed by atoms with Crippen molar-refractivity contribution in [3.8, 4) is 0 Å². The number of fused-ring (bicyclic) bond motifs is 5. The van der Waals surface area contributed by atoms with E-state index in [2.05, 4.69) is 5.32 Å². The van der Waals surface area contributed by atoms with Crippen LogP contribution in [0.1, 0.15) is 99.4 Å². The van der Waals surface area contributed by atoms with Gasteiger partial charge < -0.3 is 58.9 Å². The lowest BCUT2D eigenvalue weighted by Gasteiger charge is -2.67. The van der Waals surface area contributed by atoms with Gasteiger partial charge in [-0.1, -0.05) is 59.7 Å². The van der Waals surface area contributed by atoms with Crippen LogP contribution in [0.2, 0.25) is 0 Å². The minimum atomic E-state index is -2.52. The standard InChI is InChI=1S/C44H59NO18/c1-21-26-28(59-22(2)46)31(49)42(11)24(47)18-25-43(20-58-25,63-37(55)57-12)29(42)32(60-33(50)23-16-14-13-15-17-23)44(56,39(26,6)7)19-41(21,10)61-34(51)27(48)30(38(3,4)5)45-36(54)62-40(8,9)35(52)53/h13-17,21,24-25,27,29-30,32,47-48,56H,18-20H2,1-12H3,(H,45,54)(H,52,53)/t21?,24?,25-,27-,29?,30-,32+,41-,42-,43+,44-/m1/s1. The SMILES string of the molecule is COC(=O)O[C@@]12CO[C@@H]1CC(O)[C@@]1(C)C(=O)C(OC(C)=O)=C3C(C)[C@](C)(OC(=O)[C@H](O)[C@@H](NC(=O)OC(C)(C)C(=O)O)C(C)(C)C)C[C@@](O)([C@@H](OC(=O)c4ccccc4)C12)C3(C)C. The quantitative estimate of drug-likeness (QED) is 0.166. The van der Waals surface area contributed by atoms with Crippen LogP contribution < -0.4 is 5.32 Å². The molecule has 1 aromatic carbocycles. The summed E-state index contributed by atoms with van der Waals surface area (Å²) in [4.78, 5) is 95.0. The molecule has 1 saturated heterocycles. The van der Waals surface area contributed by atoms with Crippen molar-refractivity contribution in [3.05, 3.63) is 47.2 Å². The zero-order chi connectivity index (χ0) is 47.6. The number of aliphatic carboxylic acids is 1. The molecule has 1 aromatic rings. The van der Waals surface area contributed by atoms with E-state index >= 15 is 4.79 Å². The molecular weight excluding hydrogens is 830 g/mol. The molecule has 19 nitrogen and oxygen atoms in total. The molecule has 5 rings (SSSR count). The maximum Gasteiger partial charge on any atom is 0.508 e. The summed E-state index contributed by atoms with van der Waals surface area (Å²) < 4.78 is 40.1. The lowest BCUT2D eigenvalue weighted by atomic mass is 9.43. The number of rotatable bonds is 10. The number of Topliss-reactive ketones (excluding diaryl/α,β-unsaturated/α-hetero) is 1. The molecule has 2 saturated carbocycles. The van der Waals surface area contributed by atoms with Gasteiger partial charge >= 0.3 is 36.1 Å². The Kier molecular flexibility index (Phi) is 12.8. The Morgan fingerprint density at radius 1 is 0.968 bits per heavy atom. The third kappa shape index (κ3) is 8.16. The van der Waals surface area contributed by atoms with Gasteiger partial charge in [-0.05, 0) is 50.8 Å². The fourth-order valence-corrected chi connectivity index (χ4v) is 9.79. The van der Waals surface area contributed by atoms with Crippen molar-refractivity contribution < 1.29 is 87.1 Å². The number of aliphatic hydroxyl groups is 3. The summed E-state index contributed by atoms with van der Waals surface area (Å²) in [6.45, 7) is 14.8. The normalized spacial score (nSPS) is 33.3. The van der Waals surface area contributed by atoms with E-state index in [-0.39, 0.29) is 17.6 Å². The maximum atomic E-state index is 15.5. The summed E-state index contributed by atoms with van der Waals surface area (Å²) in [5.74, 6) is -9.28. The number of ether oxygens (including phenoxy) is 7. The highest BCUT2D eigenvalue weighted by Crippen LogP contribution is 2.66. The van der Waals surface area contributed by atoms with Crippen molar-refractivity contribution in [2.24, 2.45) is 28.1 Å². The highest BCUT2D eigenvalue weighted by atomic mass is 16.8. The Labute approximate surface area is 364 Å².